The van der Waals surface area contributed by atoms with Crippen LogP contribution in [0.1, 0.15) is 30.7 Å². The van der Waals surface area contributed by atoms with Gasteiger partial charge in [-0.25, -0.2) is 9.50 Å². The van der Waals surface area contributed by atoms with E-state index < -0.39 is 0 Å². The fraction of sp³-hybridized carbons (Fsp3) is 0.368. The zero-order chi connectivity index (χ0) is 17.1. The second-order valence-electron chi connectivity index (χ2n) is 6.50. The molecule has 6 heteroatoms. The highest BCUT2D eigenvalue weighted by molar-refractivity contribution is 5.78. The lowest BCUT2D eigenvalue weighted by Crippen LogP contribution is -2.45. The Bertz CT molecular complexity index is 827. The summed E-state index contributed by atoms with van der Waals surface area (Å²) in [7, 11) is 0. The van der Waals surface area contributed by atoms with E-state index in [1.807, 2.05) is 11.0 Å². The topological polar surface area (TPSA) is 63.4 Å². The Morgan fingerprint density at radius 3 is 2.88 bits per heavy atom. The van der Waals surface area contributed by atoms with E-state index in [-0.39, 0.29) is 18.4 Å². The van der Waals surface area contributed by atoms with Crippen molar-refractivity contribution in [3.63, 3.8) is 0 Å². The van der Waals surface area contributed by atoms with Crippen LogP contribution in [0, 0.1) is 0 Å². The van der Waals surface area contributed by atoms with Gasteiger partial charge in [-0.2, -0.15) is 4.98 Å². The minimum atomic E-state index is 0.108. The summed E-state index contributed by atoms with van der Waals surface area (Å²) in [5.74, 6) is 1.18. The van der Waals surface area contributed by atoms with Crippen LogP contribution < -0.4 is 0 Å². The first-order valence-corrected chi connectivity index (χ1v) is 8.79. The first-order valence-electron chi connectivity index (χ1n) is 8.79. The maximum absolute atomic E-state index is 12.9. The maximum atomic E-state index is 12.9. The molecule has 0 bridgehead atoms. The number of likely N-dealkylation sites (tertiary alicyclic amines) is 1. The van der Waals surface area contributed by atoms with Gasteiger partial charge in [-0.3, -0.25) is 4.79 Å². The van der Waals surface area contributed by atoms with E-state index in [1.54, 1.807) is 23.0 Å². The third-order valence-electron chi connectivity index (χ3n) is 4.73. The highest BCUT2D eigenvalue weighted by Gasteiger charge is 2.27. The molecular weight excluding hydrogens is 314 g/mol. The average Bonchev–Trinajstić information content (AvgIpc) is 3.05. The molecule has 1 saturated heterocycles. The number of aromatic nitrogens is 4. The Hall–Kier alpha value is -2.76. The number of piperidine rings is 1. The van der Waals surface area contributed by atoms with E-state index in [2.05, 4.69) is 39.3 Å². The van der Waals surface area contributed by atoms with Crippen LogP contribution in [0.5, 0.6) is 0 Å². The summed E-state index contributed by atoms with van der Waals surface area (Å²) >= 11 is 0. The molecule has 1 aliphatic rings. The second-order valence-corrected chi connectivity index (χ2v) is 6.50. The summed E-state index contributed by atoms with van der Waals surface area (Å²) in [6.07, 6.45) is 7.91. The molecule has 3 heterocycles. The molecular formula is C19H21N5O. The summed E-state index contributed by atoms with van der Waals surface area (Å²) in [6, 6.07) is 12.5. The fourth-order valence-corrected chi connectivity index (χ4v) is 3.51. The molecule has 0 N–H and O–H groups in total. The van der Waals surface area contributed by atoms with Crippen molar-refractivity contribution >= 4 is 11.7 Å². The third-order valence-corrected chi connectivity index (χ3v) is 4.73. The smallest absolute Gasteiger partial charge is 0.252 e. The van der Waals surface area contributed by atoms with Gasteiger partial charge in [-0.05, 0) is 37.3 Å². The normalized spacial score (nSPS) is 17.8. The number of fused-ring (bicyclic) bond motifs is 1. The number of amides is 1. The van der Waals surface area contributed by atoms with E-state index in [9.17, 15) is 4.79 Å². The molecule has 0 saturated carbocycles. The molecule has 1 amide bonds. The lowest BCUT2D eigenvalue weighted by atomic mass is 9.95. The van der Waals surface area contributed by atoms with Crippen LogP contribution in [0.2, 0.25) is 0 Å². The van der Waals surface area contributed by atoms with Gasteiger partial charge in [0.15, 0.2) is 5.82 Å². The summed E-state index contributed by atoms with van der Waals surface area (Å²) in [5, 5.41) is 4.35. The predicted molar refractivity (Wildman–Crippen MR) is 94.0 cm³/mol. The van der Waals surface area contributed by atoms with Gasteiger partial charge in [0.2, 0.25) is 5.91 Å². The number of hydrogen-bond acceptors (Lipinski definition) is 4. The Kier molecular flexibility index (Phi) is 4.41. The highest BCUT2D eigenvalue weighted by Crippen LogP contribution is 2.21. The van der Waals surface area contributed by atoms with E-state index in [0.717, 1.165) is 25.8 Å². The molecule has 1 aliphatic heterocycles. The molecule has 3 aromatic rings. The predicted octanol–water partition coefficient (Wildman–Crippen LogP) is 2.29. The van der Waals surface area contributed by atoms with E-state index >= 15 is 0 Å². The molecule has 0 spiro atoms. The van der Waals surface area contributed by atoms with Crippen LogP contribution in [0.4, 0.5) is 0 Å². The van der Waals surface area contributed by atoms with Crippen molar-refractivity contribution < 1.29 is 4.79 Å². The number of carbonyl (C=O) groups excluding carboxylic acids is 1. The Balaban J connectivity index is 1.48. The molecule has 1 fully saturated rings. The van der Waals surface area contributed by atoms with Crippen molar-refractivity contribution in [2.24, 2.45) is 0 Å². The van der Waals surface area contributed by atoms with Gasteiger partial charge in [-0.15, -0.1) is 5.10 Å². The zero-order valence-electron chi connectivity index (χ0n) is 14.1. The Morgan fingerprint density at radius 1 is 1.16 bits per heavy atom. The highest BCUT2D eigenvalue weighted by atomic mass is 16.2. The molecule has 128 valence electrons. The average molecular weight is 335 g/mol. The van der Waals surface area contributed by atoms with Gasteiger partial charge >= 0.3 is 0 Å². The molecule has 1 aromatic carbocycles. The maximum Gasteiger partial charge on any atom is 0.252 e. The molecule has 4 rings (SSSR count). The van der Waals surface area contributed by atoms with Crippen molar-refractivity contribution in [2.75, 3.05) is 6.54 Å². The van der Waals surface area contributed by atoms with Crippen LogP contribution in [-0.2, 0) is 17.6 Å². The summed E-state index contributed by atoms with van der Waals surface area (Å²) in [6.45, 7) is 0.821. The minimum absolute atomic E-state index is 0.108. The minimum Gasteiger partial charge on any atom is -0.339 e. The molecule has 0 radical (unpaired) electrons. The largest absolute Gasteiger partial charge is 0.339 e. The lowest BCUT2D eigenvalue weighted by Gasteiger charge is -2.36. The molecule has 25 heavy (non-hydrogen) atoms. The molecule has 2 aromatic heterocycles. The third kappa shape index (κ3) is 3.52. The SMILES string of the molecule is O=C(Cc1nc2ncccn2n1)N1CCCC[C@H]1Cc1ccccc1. The quantitative estimate of drug-likeness (QED) is 0.734. The van der Waals surface area contributed by atoms with Crippen LogP contribution in [0.25, 0.3) is 5.78 Å². The lowest BCUT2D eigenvalue weighted by molar-refractivity contribution is -0.134. The number of carbonyl (C=O) groups is 1. The molecule has 6 nitrogen and oxygen atoms in total. The van der Waals surface area contributed by atoms with Crippen molar-refractivity contribution in [2.45, 2.75) is 38.1 Å². The van der Waals surface area contributed by atoms with Gasteiger partial charge in [0.05, 0.1) is 6.42 Å². The van der Waals surface area contributed by atoms with E-state index in [1.165, 1.54) is 12.0 Å². The Labute approximate surface area is 146 Å². The van der Waals surface area contributed by atoms with Gasteiger partial charge in [-0.1, -0.05) is 30.3 Å². The Morgan fingerprint density at radius 2 is 2.04 bits per heavy atom. The summed E-state index contributed by atoms with van der Waals surface area (Å²) in [4.78, 5) is 23.4. The zero-order valence-corrected chi connectivity index (χ0v) is 14.1. The second kappa shape index (κ2) is 7.01. The number of hydrogen-bond donors (Lipinski definition) is 0. The van der Waals surface area contributed by atoms with E-state index in [0.29, 0.717) is 11.6 Å². The van der Waals surface area contributed by atoms with Crippen LogP contribution in [-0.4, -0.2) is 43.0 Å². The fourth-order valence-electron chi connectivity index (χ4n) is 3.51. The van der Waals surface area contributed by atoms with Crippen molar-refractivity contribution in [3.05, 3.63) is 60.2 Å². The molecule has 1 atom stereocenters. The van der Waals surface area contributed by atoms with Crippen LogP contribution in [0.15, 0.2) is 48.8 Å². The van der Waals surface area contributed by atoms with Gasteiger partial charge in [0, 0.05) is 25.0 Å². The summed E-state index contributed by atoms with van der Waals surface area (Å²) < 4.78 is 1.61. The number of rotatable bonds is 4. The first kappa shape index (κ1) is 15.7. The summed E-state index contributed by atoms with van der Waals surface area (Å²) in [5.41, 5.74) is 1.28. The number of benzene rings is 1. The van der Waals surface area contributed by atoms with Crippen molar-refractivity contribution in [1.82, 2.24) is 24.5 Å². The van der Waals surface area contributed by atoms with Gasteiger partial charge in [0.1, 0.15) is 0 Å². The van der Waals surface area contributed by atoms with Gasteiger partial charge < -0.3 is 4.90 Å². The standard InChI is InChI=1S/C19H21N5O/c25-18(14-17-21-19-20-10-6-12-24(19)22-17)23-11-5-4-9-16(23)13-15-7-2-1-3-8-15/h1-3,6-8,10,12,16H,4-5,9,11,13-14H2/t16-/m0/s1. The van der Waals surface area contributed by atoms with Crippen LogP contribution >= 0.6 is 0 Å². The number of nitrogens with zero attached hydrogens (tertiary/aromatic N) is 5. The van der Waals surface area contributed by atoms with Crippen LogP contribution in [0.3, 0.4) is 0 Å². The van der Waals surface area contributed by atoms with Crippen molar-refractivity contribution in [3.8, 4) is 0 Å². The van der Waals surface area contributed by atoms with Crippen molar-refractivity contribution in [1.29, 1.82) is 0 Å². The molecule has 0 aliphatic carbocycles. The van der Waals surface area contributed by atoms with Gasteiger partial charge in [0.25, 0.3) is 5.78 Å². The molecule has 0 unspecified atom stereocenters. The monoisotopic (exact) mass is 335 g/mol. The van der Waals surface area contributed by atoms with E-state index in [4.69, 9.17) is 0 Å². The first-order chi connectivity index (χ1) is 12.3.